The molecule has 0 aliphatic carbocycles. The highest BCUT2D eigenvalue weighted by atomic mass is 15.2. The summed E-state index contributed by atoms with van der Waals surface area (Å²) in [5.74, 6) is 0.752. The van der Waals surface area contributed by atoms with Gasteiger partial charge in [0, 0.05) is 37.8 Å². The smallest absolute Gasteiger partial charge is 0.225 e. The molecule has 0 spiro atoms. The Morgan fingerprint density at radius 3 is 2.82 bits per heavy atom. The third kappa shape index (κ3) is 2.52. The van der Waals surface area contributed by atoms with Crippen LogP contribution in [-0.4, -0.2) is 28.0 Å². The summed E-state index contributed by atoms with van der Waals surface area (Å²) in [7, 11) is 0. The Kier molecular flexibility index (Phi) is 3.14. The molecule has 2 aromatic heterocycles. The second-order valence-corrected chi connectivity index (χ2v) is 5.51. The molecule has 0 unspecified atom stereocenters. The number of benzene rings is 1. The van der Waals surface area contributed by atoms with Crippen molar-refractivity contribution < 1.29 is 1.37 Å². The molecule has 22 heavy (non-hydrogen) atoms. The molecular weight excluding hydrogens is 272 g/mol. The van der Waals surface area contributed by atoms with Gasteiger partial charge in [0.15, 0.2) is 0 Å². The van der Waals surface area contributed by atoms with Gasteiger partial charge in [0.2, 0.25) is 5.95 Å². The maximum Gasteiger partial charge on any atom is 0.225 e. The SMILES string of the molecule is [2H]C1CCN(c2nccc(-c3cnc4ccccc4c3)n2)CC1. The van der Waals surface area contributed by atoms with E-state index in [0.717, 1.165) is 54.0 Å². The van der Waals surface area contributed by atoms with Crippen LogP contribution in [0.1, 0.15) is 20.6 Å². The van der Waals surface area contributed by atoms with Crippen molar-refractivity contribution in [1.29, 1.82) is 0 Å². The van der Waals surface area contributed by atoms with Gasteiger partial charge in [-0.2, -0.15) is 0 Å². The zero-order valence-electron chi connectivity index (χ0n) is 13.3. The minimum absolute atomic E-state index is 0.0547. The van der Waals surface area contributed by atoms with Gasteiger partial charge in [0.25, 0.3) is 0 Å². The number of pyridine rings is 1. The Morgan fingerprint density at radius 2 is 1.91 bits per heavy atom. The van der Waals surface area contributed by atoms with E-state index in [4.69, 9.17) is 6.35 Å². The summed E-state index contributed by atoms with van der Waals surface area (Å²) in [4.78, 5) is 15.8. The summed E-state index contributed by atoms with van der Waals surface area (Å²) in [5.41, 5.74) is 2.88. The van der Waals surface area contributed by atoms with E-state index in [1.165, 1.54) is 0 Å². The Hall–Kier alpha value is -2.49. The summed E-state index contributed by atoms with van der Waals surface area (Å²) < 4.78 is 7.80. The van der Waals surface area contributed by atoms with Gasteiger partial charge in [-0.1, -0.05) is 18.2 Å². The first-order valence-corrected chi connectivity index (χ1v) is 7.65. The first-order valence-electron chi connectivity index (χ1n) is 8.23. The molecule has 0 amide bonds. The highest BCUT2D eigenvalue weighted by molar-refractivity contribution is 5.82. The molecule has 4 nitrogen and oxygen atoms in total. The van der Waals surface area contributed by atoms with Gasteiger partial charge in [-0.15, -0.1) is 0 Å². The van der Waals surface area contributed by atoms with Crippen LogP contribution < -0.4 is 4.90 Å². The molecule has 0 radical (unpaired) electrons. The van der Waals surface area contributed by atoms with Crippen molar-refractivity contribution in [2.24, 2.45) is 0 Å². The number of hydrogen-bond donors (Lipinski definition) is 0. The predicted molar refractivity (Wildman–Crippen MR) is 88.8 cm³/mol. The van der Waals surface area contributed by atoms with Crippen molar-refractivity contribution in [3.05, 3.63) is 48.8 Å². The minimum atomic E-state index is 0.0547. The van der Waals surface area contributed by atoms with E-state index in [1.54, 1.807) is 6.20 Å². The Morgan fingerprint density at radius 1 is 1.05 bits per heavy atom. The van der Waals surface area contributed by atoms with Gasteiger partial charge in [-0.3, -0.25) is 4.98 Å². The fraction of sp³-hybridized carbons (Fsp3) is 0.278. The number of hydrogen-bond acceptors (Lipinski definition) is 4. The van der Waals surface area contributed by atoms with Gasteiger partial charge < -0.3 is 4.90 Å². The standard InChI is InChI=1S/C18H18N4/c1-4-10-22(11-5-1)18-19-9-8-17(21-18)15-12-14-6-2-3-7-16(14)20-13-15/h2-3,6-9,12-13H,1,4-5,10-11H2/i1D. The van der Waals surface area contributed by atoms with E-state index in [1.807, 2.05) is 30.5 Å². The summed E-state index contributed by atoms with van der Waals surface area (Å²) in [6, 6.07) is 12.1. The van der Waals surface area contributed by atoms with E-state index in [0.29, 0.717) is 0 Å². The molecule has 4 heteroatoms. The van der Waals surface area contributed by atoms with Gasteiger partial charge in [-0.25, -0.2) is 9.97 Å². The van der Waals surface area contributed by atoms with E-state index in [2.05, 4.69) is 27.0 Å². The lowest BCUT2D eigenvalue weighted by Gasteiger charge is -2.26. The Bertz CT molecular complexity index is 828. The second-order valence-electron chi connectivity index (χ2n) is 5.51. The van der Waals surface area contributed by atoms with Crippen LogP contribution >= 0.6 is 0 Å². The molecule has 0 saturated carbocycles. The molecule has 1 aliphatic rings. The number of piperidine rings is 1. The number of rotatable bonds is 2. The number of aromatic nitrogens is 3. The van der Waals surface area contributed by atoms with Crippen molar-refractivity contribution >= 4 is 16.9 Å². The van der Waals surface area contributed by atoms with Gasteiger partial charge in [0.1, 0.15) is 0 Å². The molecule has 1 aliphatic heterocycles. The van der Waals surface area contributed by atoms with E-state index >= 15 is 0 Å². The van der Waals surface area contributed by atoms with Crippen molar-refractivity contribution in [3.8, 4) is 11.3 Å². The maximum atomic E-state index is 7.80. The lowest BCUT2D eigenvalue weighted by molar-refractivity contribution is 0.568. The first kappa shape index (κ1) is 12.1. The fourth-order valence-corrected chi connectivity index (χ4v) is 2.82. The van der Waals surface area contributed by atoms with Gasteiger partial charge in [0.05, 0.1) is 11.2 Å². The third-order valence-corrected chi connectivity index (χ3v) is 4.02. The first-order chi connectivity index (χ1) is 11.3. The Labute approximate surface area is 131 Å². The highest BCUT2D eigenvalue weighted by Crippen LogP contribution is 2.23. The molecule has 1 aromatic carbocycles. The van der Waals surface area contributed by atoms with Crippen molar-refractivity contribution in [2.45, 2.75) is 19.2 Å². The highest BCUT2D eigenvalue weighted by Gasteiger charge is 2.14. The average molecular weight is 291 g/mol. The molecule has 1 fully saturated rings. The van der Waals surface area contributed by atoms with Crippen LogP contribution in [-0.2, 0) is 0 Å². The molecule has 0 N–H and O–H groups in total. The Balaban J connectivity index is 1.67. The van der Waals surface area contributed by atoms with Crippen LogP contribution in [0.5, 0.6) is 0 Å². The third-order valence-electron chi connectivity index (χ3n) is 4.02. The summed E-state index contributed by atoms with van der Waals surface area (Å²) in [6.07, 6.45) is 5.49. The van der Waals surface area contributed by atoms with Crippen LogP contribution in [0.2, 0.25) is 0 Å². The number of anilines is 1. The quantitative estimate of drug-likeness (QED) is 0.722. The van der Waals surface area contributed by atoms with Crippen molar-refractivity contribution in [1.82, 2.24) is 15.0 Å². The monoisotopic (exact) mass is 291 g/mol. The maximum absolute atomic E-state index is 7.80. The summed E-state index contributed by atoms with van der Waals surface area (Å²) in [5, 5.41) is 1.11. The fourth-order valence-electron chi connectivity index (χ4n) is 2.82. The van der Waals surface area contributed by atoms with Crippen molar-refractivity contribution in [3.63, 3.8) is 0 Å². The van der Waals surface area contributed by atoms with Crippen LogP contribution in [0, 0.1) is 0 Å². The van der Waals surface area contributed by atoms with Crippen LogP contribution in [0.3, 0.4) is 0 Å². The molecular formula is C18H18N4. The predicted octanol–water partition coefficient (Wildman–Crippen LogP) is 3.68. The van der Waals surface area contributed by atoms with E-state index < -0.39 is 0 Å². The topological polar surface area (TPSA) is 41.9 Å². The van der Waals surface area contributed by atoms with Crippen LogP contribution in [0.25, 0.3) is 22.2 Å². The molecule has 0 bridgehead atoms. The molecule has 0 atom stereocenters. The van der Waals surface area contributed by atoms with E-state index in [9.17, 15) is 0 Å². The van der Waals surface area contributed by atoms with Gasteiger partial charge in [-0.05, 0) is 37.4 Å². The van der Waals surface area contributed by atoms with E-state index in [-0.39, 0.29) is 6.40 Å². The average Bonchev–Trinajstić information content (AvgIpc) is 2.62. The largest absolute Gasteiger partial charge is 0.341 e. The molecule has 4 rings (SSSR count). The minimum Gasteiger partial charge on any atom is -0.341 e. The lowest BCUT2D eigenvalue weighted by atomic mass is 10.1. The number of nitrogens with zero attached hydrogens (tertiary/aromatic N) is 4. The van der Waals surface area contributed by atoms with Crippen LogP contribution in [0.4, 0.5) is 5.95 Å². The molecule has 3 heterocycles. The zero-order chi connectivity index (χ0) is 15.6. The normalized spacial score (nSPS) is 16.7. The van der Waals surface area contributed by atoms with Crippen molar-refractivity contribution in [2.75, 3.05) is 18.0 Å². The molecule has 3 aromatic rings. The number of fused-ring (bicyclic) bond motifs is 1. The second kappa shape index (κ2) is 5.72. The molecule has 110 valence electrons. The lowest BCUT2D eigenvalue weighted by Crippen LogP contribution is -2.30. The summed E-state index contributed by atoms with van der Waals surface area (Å²) in [6.45, 7) is 1.71. The number of para-hydroxylation sites is 1. The van der Waals surface area contributed by atoms with Crippen LogP contribution in [0.15, 0.2) is 48.8 Å². The summed E-state index contributed by atoms with van der Waals surface area (Å²) >= 11 is 0. The van der Waals surface area contributed by atoms with Gasteiger partial charge >= 0.3 is 0 Å². The zero-order valence-corrected chi connectivity index (χ0v) is 12.3. The molecule has 1 saturated heterocycles.